The number of amides is 1. The highest BCUT2D eigenvalue weighted by Gasteiger charge is 2.25. The van der Waals surface area contributed by atoms with E-state index in [1.54, 1.807) is 12.1 Å². The fourth-order valence-corrected chi connectivity index (χ4v) is 3.81. The fraction of sp³-hybridized carbons (Fsp3) is 0.474. The van der Waals surface area contributed by atoms with Gasteiger partial charge in [-0.25, -0.2) is 13.2 Å². The summed E-state index contributed by atoms with van der Waals surface area (Å²) in [5.74, 6) is -0.688. The number of rotatable bonds is 8. The molecule has 1 heterocycles. The van der Waals surface area contributed by atoms with Gasteiger partial charge in [0.05, 0.1) is 18.1 Å². The van der Waals surface area contributed by atoms with Gasteiger partial charge < -0.3 is 14.8 Å². The number of esters is 1. The number of ether oxygens (including phenoxy) is 2. The third kappa shape index (κ3) is 6.74. The Balaban J connectivity index is 1.87. The number of hydrogen-bond donors (Lipinski definition) is 1. The van der Waals surface area contributed by atoms with Gasteiger partial charge in [0.25, 0.3) is 5.91 Å². The van der Waals surface area contributed by atoms with E-state index in [9.17, 15) is 18.0 Å². The maximum Gasteiger partial charge on any atom is 0.331 e. The predicted octanol–water partition coefficient (Wildman–Crippen LogP) is 1.04. The first-order chi connectivity index (χ1) is 13.3. The van der Waals surface area contributed by atoms with Crippen LogP contribution >= 0.6 is 0 Å². The summed E-state index contributed by atoms with van der Waals surface area (Å²) in [4.78, 5) is 23.4. The maximum atomic E-state index is 12.5. The van der Waals surface area contributed by atoms with Crippen molar-refractivity contribution in [2.75, 3.05) is 39.5 Å². The van der Waals surface area contributed by atoms with E-state index in [1.165, 1.54) is 28.6 Å². The van der Waals surface area contributed by atoms with Crippen molar-refractivity contribution < 1.29 is 27.5 Å². The SMILES string of the molecule is CC(C)CNC(=O)COC(=O)/C=C/c1ccc(S(=O)(=O)N2CCOCC2)cc1. The van der Waals surface area contributed by atoms with Crippen molar-refractivity contribution in [3.63, 3.8) is 0 Å². The Kier molecular flexibility index (Phi) is 8.16. The summed E-state index contributed by atoms with van der Waals surface area (Å²) in [6.45, 7) is 5.55. The molecule has 0 unspecified atom stereocenters. The second-order valence-electron chi connectivity index (χ2n) is 6.72. The molecule has 0 aromatic heterocycles. The highest BCUT2D eigenvalue weighted by Crippen LogP contribution is 2.18. The molecule has 1 aromatic carbocycles. The topological polar surface area (TPSA) is 102 Å². The first-order valence-corrected chi connectivity index (χ1v) is 10.5. The van der Waals surface area contributed by atoms with Crippen molar-refractivity contribution in [1.82, 2.24) is 9.62 Å². The van der Waals surface area contributed by atoms with Crippen LogP contribution in [0, 0.1) is 5.92 Å². The van der Waals surface area contributed by atoms with Gasteiger partial charge in [0.1, 0.15) is 0 Å². The molecule has 1 aliphatic rings. The second kappa shape index (κ2) is 10.4. The summed E-state index contributed by atoms with van der Waals surface area (Å²) in [5, 5.41) is 2.65. The van der Waals surface area contributed by atoms with Crippen LogP contribution in [0.1, 0.15) is 19.4 Å². The van der Waals surface area contributed by atoms with Crippen LogP contribution in [0.25, 0.3) is 6.08 Å². The summed E-state index contributed by atoms with van der Waals surface area (Å²) >= 11 is 0. The zero-order chi connectivity index (χ0) is 20.6. The van der Waals surface area contributed by atoms with E-state index >= 15 is 0 Å². The van der Waals surface area contributed by atoms with E-state index in [-0.39, 0.29) is 17.4 Å². The summed E-state index contributed by atoms with van der Waals surface area (Å²) in [6, 6.07) is 6.20. The average molecular weight is 410 g/mol. The Labute approximate surface area is 165 Å². The molecule has 28 heavy (non-hydrogen) atoms. The van der Waals surface area contributed by atoms with E-state index < -0.39 is 16.0 Å². The predicted molar refractivity (Wildman–Crippen MR) is 104 cm³/mol. The number of carbonyl (C=O) groups is 2. The molecule has 8 nitrogen and oxygen atoms in total. The van der Waals surface area contributed by atoms with Gasteiger partial charge in [-0.1, -0.05) is 26.0 Å². The molecule has 154 valence electrons. The van der Waals surface area contributed by atoms with Crippen molar-refractivity contribution in [1.29, 1.82) is 0 Å². The van der Waals surface area contributed by atoms with E-state index in [0.717, 1.165) is 0 Å². The first-order valence-electron chi connectivity index (χ1n) is 9.08. The molecule has 0 radical (unpaired) electrons. The number of hydrogen-bond acceptors (Lipinski definition) is 6. The standard InChI is InChI=1S/C19H26N2O6S/c1-15(2)13-20-18(22)14-27-19(23)8-5-16-3-6-17(7-4-16)28(24,25)21-9-11-26-12-10-21/h3-8,15H,9-14H2,1-2H3,(H,20,22)/b8-5+. The number of morpholine rings is 1. The molecular weight excluding hydrogens is 384 g/mol. The van der Waals surface area contributed by atoms with Gasteiger partial charge in [0.2, 0.25) is 10.0 Å². The van der Waals surface area contributed by atoms with Crippen molar-refractivity contribution in [2.24, 2.45) is 5.92 Å². The van der Waals surface area contributed by atoms with E-state index in [0.29, 0.717) is 44.3 Å². The minimum absolute atomic E-state index is 0.191. The van der Waals surface area contributed by atoms with Gasteiger partial charge in [-0.2, -0.15) is 4.31 Å². The first kappa shape index (κ1) is 22.1. The van der Waals surface area contributed by atoms with Gasteiger partial charge in [-0.05, 0) is 29.7 Å². The average Bonchev–Trinajstić information content (AvgIpc) is 2.70. The lowest BCUT2D eigenvalue weighted by Crippen LogP contribution is -2.40. The number of benzene rings is 1. The van der Waals surface area contributed by atoms with Gasteiger partial charge in [-0.15, -0.1) is 0 Å². The number of nitrogens with one attached hydrogen (secondary N) is 1. The molecule has 0 saturated carbocycles. The minimum Gasteiger partial charge on any atom is -0.452 e. The van der Waals surface area contributed by atoms with Crippen molar-refractivity contribution >= 4 is 28.0 Å². The Morgan fingerprint density at radius 3 is 2.46 bits per heavy atom. The van der Waals surface area contributed by atoms with Crippen LogP contribution in [0.15, 0.2) is 35.2 Å². The summed E-state index contributed by atoms with van der Waals surface area (Å²) in [5.41, 5.74) is 0.641. The zero-order valence-electron chi connectivity index (χ0n) is 16.1. The number of carbonyl (C=O) groups excluding carboxylic acids is 2. The van der Waals surface area contributed by atoms with Gasteiger partial charge >= 0.3 is 5.97 Å². The second-order valence-corrected chi connectivity index (χ2v) is 8.66. The molecular formula is C19H26N2O6S. The van der Waals surface area contributed by atoms with E-state index in [4.69, 9.17) is 9.47 Å². The lowest BCUT2D eigenvalue weighted by atomic mass is 10.2. The molecule has 0 atom stereocenters. The third-order valence-electron chi connectivity index (χ3n) is 3.95. The monoisotopic (exact) mass is 410 g/mol. The zero-order valence-corrected chi connectivity index (χ0v) is 16.9. The van der Waals surface area contributed by atoms with Crippen molar-refractivity contribution in [3.05, 3.63) is 35.9 Å². The molecule has 1 aromatic rings. The molecule has 0 aliphatic carbocycles. The lowest BCUT2D eigenvalue weighted by molar-refractivity contribution is -0.143. The molecule has 2 rings (SSSR count). The number of nitrogens with zero attached hydrogens (tertiary/aromatic N) is 1. The van der Waals surface area contributed by atoms with Gasteiger partial charge in [-0.3, -0.25) is 4.79 Å². The van der Waals surface area contributed by atoms with Crippen LogP contribution in [-0.2, 0) is 29.1 Å². The van der Waals surface area contributed by atoms with Crippen molar-refractivity contribution in [2.45, 2.75) is 18.7 Å². The Morgan fingerprint density at radius 1 is 1.21 bits per heavy atom. The molecule has 1 fully saturated rings. The number of sulfonamides is 1. The molecule has 1 amide bonds. The fourth-order valence-electron chi connectivity index (χ4n) is 2.40. The molecule has 0 spiro atoms. The van der Waals surface area contributed by atoms with Crippen LogP contribution in [0.4, 0.5) is 0 Å². The van der Waals surface area contributed by atoms with E-state index in [1.807, 2.05) is 13.8 Å². The highest BCUT2D eigenvalue weighted by atomic mass is 32.2. The highest BCUT2D eigenvalue weighted by molar-refractivity contribution is 7.89. The largest absolute Gasteiger partial charge is 0.452 e. The summed E-state index contributed by atoms with van der Waals surface area (Å²) in [6.07, 6.45) is 2.70. The molecule has 0 bridgehead atoms. The maximum absolute atomic E-state index is 12.5. The van der Waals surface area contributed by atoms with Crippen LogP contribution in [0.5, 0.6) is 0 Å². The van der Waals surface area contributed by atoms with E-state index in [2.05, 4.69) is 5.32 Å². The van der Waals surface area contributed by atoms with Crippen molar-refractivity contribution in [3.8, 4) is 0 Å². The summed E-state index contributed by atoms with van der Waals surface area (Å²) < 4.78 is 36.5. The van der Waals surface area contributed by atoms with Crippen LogP contribution < -0.4 is 5.32 Å². The van der Waals surface area contributed by atoms with Crippen LogP contribution in [-0.4, -0.2) is 64.1 Å². The Morgan fingerprint density at radius 2 is 1.86 bits per heavy atom. The van der Waals surface area contributed by atoms with Crippen LogP contribution in [0.2, 0.25) is 0 Å². The lowest BCUT2D eigenvalue weighted by Gasteiger charge is -2.26. The molecule has 1 N–H and O–H groups in total. The smallest absolute Gasteiger partial charge is 0.331 e. The third-order valence-corrected chi connectivity index (χ3v) is 5.87. The Hall–Kier alpha value is -2.23. The normalized spacial score (nSPS) is 15.7. The quantitative estimate of drug-likeness (QED) is 0.507. The molecule has 1 saturated heterocycles. The van der Waals surface area contributed by atoms with Crippen LogP contribution in [0.3, 0.4) is 0 Å². The van der Waals surface area contributed by atoms with Gasteiger partial charge in [0.15, 0.2) is 6.61 Å². The van der Waals surface area contributed by atoms with Gasteiger partial charge in [0, 0.05) is 25.7 Å². The molecule has 1 aliphatic heterocycles. The molecule has 9 heteroatoms. The minimum atomic E-state index is -3.55. The Bertz CT molecular complexity index is 796. The summed E-state index contributed by atoms with van der Waals surface area (Å²) in [7, 11) is -3.55.